The van der Waals surface area contributed by atoms with E-state index in [1.807, 2.05) is 47.7 Å². The van der Waals surface area contributed by atoms with Gasteiger partial charge in [0.1, 0.15) is 11.1 Å². The molecule has 3 heterocycles. The second-order valence-corrected chi connectivity index (χ2v) is 10.5. The molecule has 5 aromatic carbocycles. The smallest absolute Gasteiger partial charge is 0.172 e. The molecule has 8 rings (SSSR count). The Morgan fingerprint density at radius 3 is 2.26 bits per heavy atom. The molecular weight excluding hydrogens is 484 g/mol. The predicted molar refractivity (Wildman–Crippen MR) is 159 cm³/mol. The molecule has 0 amide bonds. The van der Waals surface area contributed by atoms with Crippen LogP contribution in [0, 0.1) is 0 Å². The zero-order valence-corrected chi connectivity index (χ0v) is 21.1. The molecule has 0 bridgehead atoms. The topological polar surface area (TPSA) is 38.9 Å². The van der Waals surface area contributed by atoms with Crippen LogP contribution in [-0.2, 0) is 0 Å². The van der Waals surface area contributed by atoms with Crippen molar-refractivity contribution in [3.63, 3.8) is 0 Å². The quantitative estimate of drug-likeness (QED) is 0.240. The Bertz CT molecular complexity index is 2140. The summed E-state index contributed by atoms with van der Waals surface area (Å²) in [7, 11) is 0. The van der Waals surface area contributed by atoms with Gasteiger partial charge in [0.15, 0.2) is 11.4 Å². The maximum atomic E-state index is 6.08. The number of nitrogens with zero attached hydrogens (tertiary/aromatic N) is 2. The minimum Gasteiger partial charge on any atom is -0.453 e. The zero-order valence-electron chi connectivity index (χ0n) is 20.3. The summed E-state index contributed by atoms with van der Waals surface area (Å²) in [6, 6.07) is 40.5. The molecule has 178 valence electrons. The van der Waals surface area contributed by atoms with Crippen molar-refractivity contribution in [3.05, 3.63) is 121 Å². The number of aromatic nitrogens is 2. The minimum absolute atomic E-state index is 0.696. The molecule has 38 heavy (non-hydrogen) atoms. The summed E-state index contributed by atoms with van der Waals surface area (Å²) in [6.45, 7) is 0. The van der Waals surface area contributed by atoms with Crippen molar-refractivity contribution >= 4 is 53.6 Å². The van der Waals surface area contributed by atoms with Crippen LogP contribution in [-0.4, -0.2) is 9.97 Å². The van der Waals surface area contributed by atoms with Gasteiger partial charge in [-0.15, -0.1) is 11.3 Å². The van der Waals surface area contributed by atoms with Crippen LogP contribution >= 0.6 is 11.3 Å². The molecule has 0 saturated carbocycles. The van der Waals surface area contributed by atoms with Crippen LogP contribution in [0.4, 0.5) is 0 Å². The van der Waals surface area contributed by atoms with Crippen molar-refractivity contribution in [2.45, 2.75) is 0 Å². The van der Waals surface area contributed by atoms with E-state index in [1.54, 1.807) is 6.20 Å². The van der Waals surface area contributed by atoms with Crippen LogP contribution in [0.1, 0.15) is 0 Å². The molecule has 0 saturated heterocycles. The number of hydrogen-bond acceptors (Lipinski definition) is 4. The Morgan fingerprint density at radius 1 is 0.553 bits per heavy atom. The summed E-state index contributed by atoms with van der Waals surface area (Å²) in [6.07, 6.45) is 1.77. The van der Waals surface area contributed by atoms with Gasteiger partial charge in [-0.3, -0.25) is 0 Å². The molecule has 3 nitrogen and oxygen atoms in total. The van der Waals surface area contributed by atoms with E-state index in [9.17, 15) is 0 Å². The zero-order chi connectivity index (χ0) is 25.1. The Balaban J connectivity index is 1.26. The molecule has 0 aliphatic carbocycles. The molecular formula is C34H20N2OS. The first-order chi connectivity index (χ1) is 18.8. The first-order valence-corrected chi connectivity index (χ1v) is 13.4. The molecule has 4 heteroatoms. The van der Waals surface area contributed by atoms with E-state index in [0.717, 1.165) is 33.2 Å². The van der Waals surface area contributed by atoms with E-state index in [1.165, 1.54) is 31.3 Å². The summed E-state index contributed by atoms with van der Waals surface area (Å²) in [5.41, 5.74) is 8.10. The highest BCUT2D eigenvalue weighted by atomic mass is 32.1. The molecule has 0 aliphatic heterocycles. The summed E-state index contributed by atoms with van der Waals surface area (Å²) in [5.74, 6) is 0.699. The highest BCUT2D eigenvalue weighted by Gasteiger charge is 2.14. The molecule has 0 radical (unpaired) electrons. The van der Waals surface area contributed by atoms with Crippen molar-refractivity contribution in [1.82, 2.24) is 9.97 Å². The molecule has 0 atom stereocenters. The van der Waals surface area contributed by atoms with Crippen molar-refractivity contribution in [2.24, 2.45) is 0 Å². The van der Waals surface area contributed by atoms with E-state index in [0.29, 0.717) is 11.4 Å². The van der Waals surface area contributed by atoms with E-state index in [-0.39, 0.29) is 0 Å². The third-order valence-corrected chi connectivity index (χ3v) is 8.37. The van der Waals surface area contributed by atoms with Crippen molar-refractivity contribution in [3.8, 4) is 33.6 Å². The van der Waals surface area contributed by atoms with Gasteiger partial charge in [-0.25, -0.2) is 9.97 Å². The van der Waals surface area contributed by atoms with Gasteiger partial charge in [-0.2, -0.15) is 0 Å². The molecule has 3 aromatic heterocycles. The first kappa shape index (κ1) is 21.3. The third-order valence-electron chi connectivity index (χ3n) is 7.15. The summed E-state index contributed by atoms with van der Waals surface area (Å²) < 4.78 is 8.73. The van der Waals surface area contributed by atoms with Gasteiger partial charge in [0, 0.05) is 31.1 Å². The molecule has 0 spiro atoms. The fourth-order valence-corrected chi connectivity index (χ4v) is 6.55. The average Bonchev–Trinajstić information content (AvgIpc) is 3.55. The van der Waals surface area contributed by atoms with Gasteiger partial charge in [-0.05, 0) is 46.5 Å². The maximum absolute atomic E-state index is 6.08. The second-order valence-electron chi connectivity index (χ2n) is 9.45. The van der Waals surface area contributed by atoms with Gasteiger partial charge in [0.2, 0.25) is 0 Å². The van der Waals surface area contributed by atoms with Crippen molar-refractivity contribution < 1.29 is 4.42 Å². The van der Waals surface area contributed by atoms with E-state index in [2.05, 4.69) is 83.8 Å². The van der Waals surface area contributed by atoms with E-state index >= 15 is 0 Å². The van der Waals surface area contributed by atoms with Gasteiger partial charge < -0.3 is 4.42 Å². The third kappa shape index (κ3) is 3.35. The standard InChI is InChI=1S/C34H20N2OS/c1-2-8-21(9-3-1)34-35-20-30-32(36-34)28-19-23(16-17-29(28)37-30)22-10-6-11-24(18-22)25-13-7-14-27-26-12-4-5-15-31(26)38-33(25)27/h1-20H. The molecule has 0 aliphatic rings. The Labute approximate surface area is 222 Å². The highest BCUT2D eigenvalue weighted by Crippen LogP contribution is 2.41. The van der Waals surface area contributed by atoms with Crippen molar-refractivity contribution in [1.29, 1.82) is 0 Å². The van der Waals surface area contributed by atoms with Crippen LogP contribution in [0.15, 0.2) is 126 Å². The summed E-state index contributed by atoms with van der Waals surface area (Å²) in [4.78, 5) is 9.42. The van der Waals surface area contributed by atoms with E-state index < -0.39 is 0 Å². The number of rotatable bonds is 3. The molecule has 0 N–H and O–H groups in total. The number of furan rings is 1. The second kappa shape index (κ2) is 8.37. The number of hydrogen-bond donors (Lipinski definition) is 0. The molecule has 8 aromatic rings. The summed E-state index contributed by atoms with van der Waals surface area (Å²) in [5, 5.41) is 3.63. The largest absolute Gasteiger partial charge is 0.453 e. The SMILES string of the molecule is c1ccc(-c2ncc3oc4ccc(-c5cccc(-c6cccc7c6sc6ccccc67)c5)cc4c3n2)cc1. The maximum Gasteiger partial charge on any atom is 0.172 e. The monoisotopic (exact) mass is 504 g/mol. The van der Waals surface area contributed by atoms with Crippen LogP contribution in [0.5, 0.6) is 0 Å². The van der Waals surface area contributed by atoms with E-state index in [4.69, 9.17) is 9.40 Å². The fraction of sp³-hybridized carbons (Fsp3) is 0. The normalized spacial score (nSPS) is 11.7. The number of fused-ring (bicyclic) bond motifs is 6. The lowest BCUT2D eigenvalue weighted by Crippen LogP contribution is -1.88. The molecule has 0 fully saturated rings. The average molecular weight is 505 g/mol. The molecule has 0 unspecified atom stereocenters. The predicted octanol–water partition coefficient (Wildman–Crippen LogP) is 9.74. The van der Waals surface area contributed by atoms with Gasteiger partial charge in [0.05, 0.1) is 6.20 Å². The van der Waals surface area contributed by atoms with Crippen LogP contribution < -0.4 is 0 Å². The first-order valence-electron chi connectivity index (χ1n) is 12.6. The van der Waals surface area contributed by atoms with Gasteiger partial charge in [-0.1, -0.05) is 91.0 Å². The number of thiophene rings is 1. The minimum atomic E-state index is 0.696. The van der Waals surface area contributed by atoms with Crippen LogP contribution in [0.2, 0.25) is 0 Å². The van der Waals surface area contributed by atoms with Crippen molar-refractivity contribution in [2.75, 3.05) is 0 Å². The van der Waals surface area contributed by atoms with Gasteiger partial charge >= 0.3 is 0 Å². The lowest BCUT2D eigenvalue weighted by atomic mass is 9.97. The summed E-state index contributed by atoms with van der Waals surface area (Å²) >= 11 is 1.86. The fourth-order valence-electron chi connectivity index (χ4n) is 5.31. The number of benzene rings is 5. The highest BCUT2D eigenvalue weighted by molar-refractivity contribution is 7.26. The Hall–Kier alpha value is -4.80. The van der Waals surface area contributed by atoms with Crippen LogP contribution in [0.25, 0.3) is 75.9 Å². The van der Waals surface area contributed by atoms with Gasteiger partial charge in [0.25, 0.3) is 0 Å². The lowest BCUT2D eigenvalue weighted by Gasteiger charge is -2.08. The van der Waals surface area contributed by atoms with Crippen LogP contribution in [0.3, 0.4) is 0 Å². The Morgan fingerprint density at radius 2 is 1.32 bits per heavy atom. The Kier molecular flexibility index (Phi) is 4.69. The lowest BCUT2D eigenvalue weighted by molar-refractivity contribution is 0.666.